The molecule has 0 aromatic heterocycles. The van der Waals surface area contributed by atoms with Crippen molar-refractivity contribution in [3.05, 3.63) is 250 Å². The molecule has 8 aromatic rings. The van der Waals surface area contributed by atoms with Crippen LogP contribution in [0.2, 0.25) is 0 Å². The number of fused-ring (bicyclic) bond motifs is 6. The number of rotatable bonds is 6. The van der Waals surface area contributed by atoms with Gasteiger partial charge in [-0.1, -0.05) is 212 Å². The lowest BCUT2D eigenvalue weighted by Crippen LogP contribution is -2.30. The zero-order valence-electron chi connectivity index (χ0n) is 31.0. The van der Waals surface area contributed by atoms with Crippen LogP contribution in [0.25, 0.3) is 33.9 Å². The molecule has 0 saturated carbocycles. The van der Waals surface area contributed by atoms with E-state index < -0.39 is 0 Å². The van der Waals surface area contributed by atoms with E-state index >= 15 is 0 Å². The van der Waals surface area contributed by atoms with E-state index in [1.54, 1.807) is 0 Å². The summed E-state index contributed by atoms with van der Waals surface area (Å²) in [5.41, 5.74) is 17.5. The molecular formula is C54H40S. The van der Waals surface area contributed by atoms with Crippen molar-refractivity contribution in [3.63, 3.8) is 0 Å². The van der Waals surface area contributed by atoms with Crippen molar-refractivity contribution < 1.29 is 0 Å². The second kappa shape index (κ2) is 13.3. The predicted molar refractivity (Wildman–Crippen MR) is 232 cm³/mol. The molecule has 8 aromatic carbocycles. The molecule has 1 aliphatic heterocycles. The molecule has 2 unspecified atom stereocenters. The van der Waals surface area contributed by atoms with Crippen LogP contribution in [-0.2, 0) is 10.8 Å². The molecular weight excluding hydrogens is 681 g/mol. The summed E-state index contributed by atoms with van der Waals surface area (Å²) >= 11 is 1.96. The molecule has 262 valence electrons. The Balaban J connectivity index is 1.15. The third kappa shape index (κ3) is 5.29. The first-order valence-corrected chi connectivity index (χ1v) is 20.0. The van der Waals surface area contributed by atoms with Crippen molar-refractivity contribution in [3.8, 4) is 22.3 Å². The number of benzene rings is 8. The Morgan fingerprint density at radius 2 is 0.873 bits per heavy atom. The van der Waals surface area contributed by atoms with E-state index in [2.05, 4.69) is 220 Å². The van der Waals surface area contributed by atoms with Crippen molar-refractivity contribution in [1.29, 1.82) is 0 Å². The molecule has 0 amide bonds. The molecule has 0 fully saturated rings. The molecule has 10 rings (SSSR count). The van der Waals surface area contributed by atoms with Crippen LogP contribution in [0.15, 0.2) is 210 Å². The highest BCUT2D eigenvalue weighted by molar-refractivity contribution is 7.99. The van der Waals surface area contributed by atoms with Gasteiger partial charge in [-0.15, -0.1) is 0 Å². The standard InChI is InChI=1S/C54H40S/c1-53(41-22-11-5-12-23-41)46-28-16-15-26-44(46)50-47(53)34-35-49-52(50)55-51-43(27-17-29-48(51)54(49,2)42-24-13-6-14-25-42)40-32-30-37(31-33-40)36-45(38-18-7-3-8-19-38)39-20-9-4-10-21-39/h3-36H,1-2H3. The molecule has 2 aliphatic rings. The molecule has 0 saturated heterocycles. The van der Waals surface area contributed by atoms with E-state index in [1.165, 1.54) is 87.7 Å². The fourth-order valence-electron chi connectivity index (χ4n) is 9.22. The molecule has 0 bridgehead atoms. The average Bonchev–Trinajstić information content (AvgIpc) is 3.53. The first-order valence-electron chi connectivity index (χ1n) is 19.2. The fraction of sp³-hybridized carbons (Fsp3) is 0.0741. The zero-order chi connectivity index (χ0) is 37.0. The maximum atomic E-state index is 2.44. The third-order valence-electron chi connectivity index (χ3n) is 12.1. The van der Waals surface area contributed by atoms with Gasteiger partial charge in [0.1, 0.15) is 0 Å². The van der Waals surface area contributed by atoms with E-state index in [4.69, 9.17) is 0 Å². The summed E-state index contributed by atoms with van der Waals surface area (Å²) in [6, 6.07) is 73.6. The Hall–Kier alpha value is -6.15. The summed E-state index contributed by atoms with van der Waals surface area (Å²) in [5.74, 6) is 0. The molecule has 55 heavy (non-hydrogen) atoms. The van der Waals surface area contributed by atoms with Gasteiger partial charge < -0.3 is 0 Å². The Morgan fingerprint density at radius 1 is 0.400 bits per heavy atom. The van der Waals surface area contributed by atoms with Gasteiger partial charge in [0.2, 0.25) is 0 Å². The van der Waals surface area contributed by atoms with E-state index in [1.807, 2.05) is 11.8 Å². The van der Waals surface area contributed by atoms with Gasteiger partial charge in [-0.25, -0.2) is 0 Å². The van der Waals surface area contributed by atoms with Crippen LogP contribution in [0.3, 0.4) is 0 Å². The Kier molecular flexibility index (Phi) is 8.08. The first-order chi connectivity index (χ1) is 27.0. The van der Waals surface area contributed by atoms with Crippen LogP contribution in [0, 0.1) is 0 Å². The SMILES string of the molecule is CC1(c2ccccc2)c2cccc(-c3ccc(C=C(c4ccccc4)c4ccccc4)cc3)c2Sc2c1ccc1c2-c2ccccc2C1(C)c1ccccc1. The monoisotopic (exact) mass is 720 g/mol. The highest BCUT2D eigenvalue weighted by atomic mass is 32.2. The lowest BCUT2D eigenvalue weighted by atomic mass is 9.68. The molecule has 0 N–H and O–H groups in total. The van der Waals surface area contributed by atoms with E-state index in [0.717, 1.165) is 0 Å². The summed E-state index contributed by atoms with van der Waals surface area (Å²) in [7, 11) is 0. The Morgan fingerprint density at radius 3 is 1.49 bits per heavy atom. The number of hydrogen-bond acceptors (Lipinski definition) is 1. The van der Waals surface area contributed by atoms with Crippen molar-refractivity contribution in [2.75, 3.05) is 0 Å². The molecule has 1 heterocycles. The maximum Gasteiger partial charge on any atom is 0.0446 e. The van der Waals surface area contributed by atoms with Crippen molar-refractivity contribution in [2.24, 2.45) is 0 Å². The number of hydrogen-bond donors (Lipinski definition) is 0. The van der Waals surface area contributed by atoms with E-state index in [0.29, 0.717) is 0 Å². The largest absolute Gasteiger partial charge is 0.0881 e. The Labute approximate surface area is 328 Å². The minimum atomic E-state index is -0.355. The zero-order valence-corrected chi connectivity index (χ0v) is 31.9. The van der Waals surface area contributed by atoms with Gasteiger partial charge in [0.15, 0.2) is 0 Å². The highest BCUT2D eigenvalue weighted by Crippen LogP contribution is 2.62. The fourth-order valence-corrected chi connectivity index (χ4v) is 10.8. The highest BCUT2D eigenvalue weighted by Gasteiger charge is 2.46. The summed E-state index contributed by atoms with van der Waals surface area (Å²) < 4.78 is 0. The normalized spacial score (nSPS) is 17.7. The lowest BCUT2D eigenvalue weighted by molar-refractivity contribution is 0.652. The minimum Gasteiger partial charge on any atom is -0.0881 e. The van der Waals surface area contributed by atoms with Crippen molar-refractivity contribution in [2.45, 2.75) is 34.5 Å². The second-order valence-electron chi connectivity index (χ2n) is 15.1. The molecule has 0 nitrogen and oxygen atoms in total. The summed E-state index contributed by atoms with van der Waals surface area (Å²) in [5, 5.41) is 0. The van der Waals surface area contributed by atoms with Gasteiger partial charge in [-0.2, -0.15) is 0 Å². The predicted octanol–water partition coefficient (Wildman–Crippen LogP) is 14.1. The molecule has 2 atom stereocenters. The average molecular weight is 721 g/mol. The summed E-state index contributed by atoms with van der Waals surface area (Å²) in [6.07, 6.45) is 2.32. The minimum absolute atomic E-state index is 0.257. The smallest absolute Gasteiger partial charge is 0.0446 e. The molecule has 1 heteroatoms. The van der Waals surface area contributed by atoms with Gasteiger partial charge >= 0.3 is 0 Å². The van der Waals surface area contributed by atoms with Gasteiger partial charge in [-0.05, 0) is 92.3 Å². The van der Waals surface area contributed by atoms with Crippen LogP contribution in [0.1, 0.15) is 63.9 Å². The summed E-state index contributed by atoms with van der Waals surface area (Å²) in [6.45, 7) is 4.86. The molecule has 1 aliphatic carbocycles. The quantitative estimate of drug-likeness (QED) is 0.154. The van der Waals surface area contributed by atoms with Gasteiger partial charge in [-0.3, -0.25) is 0 Å². The van der Waals surface area contributed by atoms with Gasteiger partial charge in [0.05, 0.1) is 0 Å². The third-order valence-corrected chi connectivity index (χ3v) is 13.4. The van der Waals surface area contributed by atoms with E-state index in [9.17, 15) is 0 Å². The van der Waals surface area contributed by atoms with Gasteiger partial charge in [0, 0.05) is 26.2 Å². The molecule has 0 radical (unpaired) electrons. The van der Waals surface area contributed by atoms with Crippen molar-refractivity contribution >= 4 is 23.4 Å². The van der Waals surface area contributed by atoms with Crippen LogP contribution >= 0.6 is 11.8 Å². The van der Waals surface area contributed by atoms with Crippen LogP contribution in [-0.4, -0.2) is 0 Å². The van der Waals surface area contributed by atoms with Crippen molar-refractivity contribution in [1.82, 2.24) is 0 Å². The summed E-state index contributed by atoms with van der Waals surface area (Å²) in [4.78, 5) is 2.70. The van der Waals surface area contributed by atoms with E-state index in [-0.39, 0.29) is 10.8 Å². The maximum absolute atomic E-state index is 2.44. The Bertz CT molecular complexity index is 2670. The van der Waals surface area contributed by atoms with Crippen LogP contribution in [0.4, 0.5) is 0 Å². The lowest BCUT2D eigenvalue weighted by Gasteiger charge is -2.40. The van der Waals surface area contributed by atoms with Crippen LogP contribution in [0.5, 0.6) is 0 Å². The van der Waals surface area contributed by atoms with Gasteiger partial charge in [0.25, 0.3) is 0 Å². The molecule has 0 spiro atoms. The first kappa shape index (κ1) is 33.4. The second-order valence-corrected chi connectivity index (χ2v) is 16.1. The topological polar surface area (TPSA) is 0 Å². The van der Waals surface area contributed by atoms with Crippen LogP contribution < -0.4 is 0 Å².